The molecular formula is C23H16N4O2S. The number of H-pyrrole nitrogens is 1. The predicted octanol–water partition coefficient (Wildman–Crippen LogP) is 4.47. The summed E-state index contributed by atoms with van der Waals surface area (Å²) in [5.74, 6) is -1.55. The van der Waals surface area contributed by atoms with Crippen LogP contribution in [0.25, 0.3) is 32.9 Å². The summed E-state index contributed by atoms with van der Waals surface area (Å²) in [5, 5.41) is 15.2. The van der Waals surface area contributed by atoms with E-state index in [0.29, 0.717) is 17.9 Å². The van der Waals surface area contributed by atoms with Gasteiger partial charge in [-0.05, 0) is 24.3 Å². The zero-order valence-corrected chi connectivity index (χ0v) is 16.6. The zero-order chi connectivity index (χ0) is 20.1. The van der Waals surface area contributed by atoms with E-state index >= 15 is 0 Å². The van der Waals surface area contributed by atoms with E-state index in [-0.39, 0.29) is 0 Å². The zero-order valence-electron chi connectivity index (χ0n) is 15.7. The Morgan fingerprint density at radius 3 is 2.93 bits per heavy atom. The monoisotopic (exact) mass is 412 g/mol. The van der Waals surface area contributed by atoms with E-state index in [4.69, 9.17) is 9.72 Å². The van der Waals surface area contributed by atoms with Crippen molar-refractivity contribution in [2.75, 3.05) is 0 Å². The summed E-state index contributed by atoms with van der Waals surface area (Å²) in [6, 6.07) is 15.4. The number of nitrogens with zero attached hydrogens (tertiary/aromatic N) is 3. The lowest BCUT2D eigenvalue weighted by Crippen LogP contribution is -2.27. The fourth-order valence-electron chi connectivity index (χ4n) is 3.88. The van der Waals surface area contributed by atoms with Crippen molar-refractivity contribution in [3.05, 3.63) is 89.3 Å². The van der Waals surface area contributed by atoms with Gasteiger partial charge in [-0.2, -0.15) is 0 Å². The van der Waals surface area contributed by atoms with E-state index in [1.807, 2.05) is 60.1 Å². The van der Waals surface area contributed by atoms with Gasteiger partial charge >= 0.3 is 0 Å². The largest absolute Gasteiger partial charge is 0.357 e. The Morgan fingerprint density at radius 2 is 1.97 bits per heavy atom. The smallest absolute Gasteiger partial charge is 0.238 e. The second kappa shape index (κ2) is 6.56. The lowest BCUT2D eigenvalue weighted by molar-refractivity contribution is -0.172. The molecule has 30 heavy (non-hydrogen) atoms. The Hall–Kier alpha value is -3.39. The molecular weight excluding hydrogens is 396 g/mol. The first kappa shape index (κ1) is 17.5. The molecule has 7 heteroatoms. The second-order valence-electron chi connectivity index (χ2n) is 7.16. The highest BCUT2D eigenvalue weighted by atomic mass is 32.1. The summed E-state index contributed by atoms with van der Waals surface area (Å²) < 4.78 is 5.76. The second-order valence-corrected chi connectivity index (χ2v) is 8.02. The van der Waals surface area contributed by atoms with Crippen LogP contribution in [0, 0.1) is 0 Å². The van der Waals surface area contributed by atoms with Gasteiger partial charge < -0.3 is 14.8 Å². The molecule has 0 saturated heterocycles. The Balaban J connectivity index is 1.40. The molecule has 0 unspecified atom stereocenters. The highest BCUT2D eigenvalue weighted by Gasteiger charge is 2.41. The molecule has 1 aromatic carbocycles. The van der Waals surface area contributed by atoms with Gasteiger partial charge in [-0.25, -0.2) is 9.97 Å². The van der Waals surface area contributed by atoms with Crippen LogP contribution in [0.5, 0.6) is 0 Å². The first-order valence-corrected chi connectivity index (χ1v) is 10.4. The molecule has 2 N–H and O–H groups in total. The minimum Gasteiger partial charge on any atom is -0.357 e. The van der Waals surface area contributed by atoms with Crippen LogP contribution in [0.15, 0.2) is 72.5 Å². The summed E-state index contributed by atoms with van der Waals surface area (Å²) in [6.07, 6.45) is 5.38. The van der Waals surface area contributed by atoms with E-state index in [2.05, 4.69) is 15.0 Å². The van der Waals surface area contributed by atoms with Crippen LogP contribution >= 0.6 is 11.3 Å². The fraction of sp³-hybridized carbons (Fsp3) is 0.0870. The third-order valence-corrected chi connectivity index (χ3v) is 6.26. The van der Waals surface area contributed by atoms with E-state index in [1.54, 1.807) is 23.7 Å². The molecule has 0 spiro atoms. The number of aromatic nitrogens is 4. The number of nitrogens with one attached hydrogen (secondary N) is 1. The highest BCUT2D eigenvalue weighted by molar-refractivity contribution is 7.13. The Labute approximate surface area is 175 Å². The van der Waals surface area contributed by atoms with Gasteiger partial charge in [0.25, 0.3) is 0 Å². The molecule has 0 fully saturated rings. The van der Waals surface area contributed by atoms with Gasteiger partial charge in [-0.15, -0.1) is 11.3 Å². The number of aromatic amines is 1. The van der Waals surface area contributed by atoms with E-state index in [1.165, 1.54) is 0 Å². The third kappa shape index (κ3) is 2.60. The standard InChI is InChI=1S/C23H16N4O2S/c28-23(20-15(12-29-23)5-2-8-24-20)16-6-1-4-14(10-16)19-13-30-22(27-19)18-11-26-21-17(18)7-3-9-25-21/h1-11,13,28H,12H2,(H,25,26)/t23-/m1/s1. The average molecular weight is 412 g/mol. The maximum Gasteiger partial charge on any atom is 0.238 e. The van der Waals surface area contributed by atoms with Crippen molar-refractivity contribution in [1.29, 1.82) is 0 Å². The van der Waals surface area contributed by atoms with Gasteiger partial charge in [0.2, 0.25) is 5.79 Å². The molecule has 1 aliphatic rings. The highest BCUT2D eigenvalue weighted by Crippen LogP contribution is 2.40. The molecule has 0 bridgehead atoms. The van der Waals surface area contributed by atoms with Crippen LogP contribution in [0.2, 0.25) is 0 Å². The number of benzene rings is 1. The van der Waals surface area contributed by atoms with Crippen LogP contribution in [-0.2, 0) is 17.1 Å². The first-order chi connectivity index (χ1) is 14.7. The van der Waals surface area contributed by atoms with Crippen molar-refractivity contribution in [3.8, 4) is 21.8 Å². The lowest BCUT2D eigenvalue weighted by Gasteiger charge is -2.22. The van der Waals surface area contributed by atoms with Crippen LogP contribution in [0.3, 0.4) is 0 Å². The molecule has 0 radical (unpaired) electrons. The number of aliphatic hydroxyl groups is 1. The minimum absolute atomic E-state index is 0.333. The van der Waals surface area contributed by atoms with E-state index < -0.39 is 5.79 Å². The van der Waals surface area contributed by atoms with Gasteiger partial charge in [-0.1, -0.05) is 24.3 Å². The molecule has 5 heterocycles. The van der Waals surface area contributed by atoms with Crippen LogP contribution in [0.1, 0.15) is 16.8 Å². The number of pyridine rings is 2. The molecule has 6 rings (SSSR count). The molecule has 4 aromatic heterocycles. The topological polar surface area (TPSA) is 83.9 Å². The molecule has 5 aromatic rings. The minimum atomic E-state index is -1.55. The van der Waals surface area contributed by atoms with Crippen molar-refractivity contribution in [2.45, 2.75) is 12.4 Å². The third-order valence-electron chi connectivity index (χ3n) is 5.38. The van der Waals surface area contributed by atoms with Gasteiger partial charge in [-0.3, -0.25) is 4.98 Å². The lowest BCUT2D eigenvalue weighted by atomic mass is 9.98. The van der Waals surface area contributed by atoms with E-state index in [0.717, 1.165) is 38.4 Å². The van der Waals surface area contributed by atoms with Gasteiger partial charge in [0.05, 0.1) is 12.3 Å². The number of hydrogen-bond acceptors (Lipinski definition) is 6. The van der Waals surface area contributed by atoms with Gasteiger partial charge in [0.1, 0.15) is 16.3 Å². The van der Waals surface area contributed by atoms with Gasteiger partial charge in [0.15, 0.2) is 0 Å². The number of ether oxygens (including phenoxy) is 1. The number of fused-ring (bicyclic) bond motifs is 2. The van der Waals surface area contributed by atoms with E-state index in [9.17, 15) is 5.11 Å². The van der Waals surface area contributed by atoms with Crippen molar-refractivity contribution in [1.82, 2.24) is 19.9 Å². The molecule has 1 aliphatic heterocycles. The number of rotatable bonds is 3. The fourth-order valence-corrected chi connectivity index (χ4v) is 4.74. The average Bonchev–Trinajstić information content (AvgIpc) is 3.52. The molecule has 6 nitrogen and oxygen atoms in total. The SMILES string of the molecule is O[C@]1(c2cccc(-c3csc(-c4c[nH]c5ncccc45)n3)c2)OCc2cccnc21. The normalized spacial score (nSPS) is 18.0. The van der Waals surface area contributed by atoms with Crippen LogP contribution < -0.4 is 0 Å². The Morgan fingerprint density at radius 1 is 1.07 bits per heavy atom. The molecule has 0 saturated carbocycles. The Bertz CT molecular complexity index is 1390. The maximum absolute atomic E-state index is 11.2. The molecule has 146 valence electrons. The number of hydrogen-bond donors (Lipinski definition) is 2. The summed E-state index contributed by atoms with van der Waals surface area (Å²) >= 11 is 1.58. The summed E-state index contributed by atoms with van der Waals surface area (Å²) in [7, 11) is 0. The van der Waals surface area contributed by atoms with Crippen molar-refractivity contribution >= 4 is 22.4 Å². The molecule has 0 amide bonds. The number of thiazole rings is 1. The van der Waals surface area contributed by atoms with Crippen molar-refractivity contribution in [3.63, 3.8) is 0 Å². The van der Waals surface area contributed by atoms with Crippen molar-refractivity contribution in [2.24, 2.45) is 0 Å². The van der Waals surface area contributed by atoms with Gasteiger partial charge in [0, 0.05) is 51.6 Å². The summed E-state index contributed by atoms with van der Waals surface area (Å²) in [4.78, 5) is 16.7. The van der Waals surface area contributed by atoms with Crippen LogP contribution in [-0.4, -0.2) is 25.0 Å². The maximum atomic E-state index is 11.2. The Kier molecular flexibility index (Phi) is 3.82. The van der Waals surface area contributed by atoms with Crippen molar-refractivity contribution < 1.29 is 9.84 Å². The summed E-state index contributed by atoms with van der Waals surface area (Å²) in [6.45, 7) is 0.333. The predicted molar refractivity (Wildman–Crippen MR) is 115 cm³/mol. The first-order valence-electron chi connectivity index (χ1n) is 9.52. The molecule has 1 atom stereocenters. The molecule has 0 aliphatic carbocycles. The summed E-state index contributed by atoms with van der Waals surface area (Å²) in [5.41, 5.74) is 5.72. The quantitative estimate of drug-likeness (QED) is 0.457. The van der Waals surface area contributed by atoms with Crippen LogP contribution in [0.4, 0.5) is 0 Å².